The standard InChI is InChI=1S/C22H25N5O3S/c1-15(16-6-7-18-19(13-16)30-12-11-29-18)23-20(28)17-5-4-10-27(14-17)22-25-24-21(31-22)26-8-2-3-9-26/h2-3,6-9,13,15,17H,4-5,10-12,14H2,1H3,(H,23,28)/t15-,17-/m0/s1. The minimum atomic E-state index is -0.111. The second-order valence-electron chi connectivity index (χ2n) is 7.88. The van der Waals surface area contributed by atoms with E-state index in [1.54, 1.807) is 11.3 Å². The maximum atomic E-state index is 13.0. The Morgan fingerprint density at radius 1 is 1.16 bits per heavy atom. The van der Waals surface area contributed by atoms with Crippen molar-refractivity contribution in [2.45, 2.75) is 25.8 Å². The molecule has 2 aromatic heterocycles. The zero-order valence-corrected chi connectivity index (χ0v) is 18.2. The van der Waals surface area contributed by atoms with Gasteiger partial charge in [0.25, 0.3) is 0 Å². The lowest BCUT2D eigenvalue weighted by Gasteiger charge is -2.32. The highest BCUT2D eigenvalue weighted by atomic mass is 32.1. The fourth-order valence-corrected chi connectivity index (χ4v) is 4.86. The first-order valence-corrected chi connectivity index (χ1v) is 11.4. The third-order valence-electron chi connectivity index (χ3n) is 5.72. The van der Waals surface area contributed by atoms with Gasteiger partial charge in [-0.1, -0.05) is 17.4 Å². The van der Waals surface area contributed by atoms with Crippen LogP contribution >= 0.6 is 11.3 Å². The van der Waals surface area contributed by atoms with Crippen LogP contribution in [0.25, 0.3) is 5.13 Å². The lowest BCUT2D eigenvalue weighted by Crippen LogP contribution is -2.43. The Balaban J connectivity index is 1.22. The van der Waals surface area contributed by atoms with Crippen molar-refractivity contribution in [3.8, 4) is 16.6 Å². The van der Waals surface area contributed by atoms with Crippen molar-refractivity contribution in [3.05, 3.63) is 48.3 Å². The molecule has 0 aliphatic carbocycles. The summed E-state index contributed by atoms with van der Waals surface area (Å²) in [6.45, 7) is 4.66. The molecule has 9 heteroatoms. The van der Waals surface area contributed by atoms with E-state index in [1.165, 1.54) is 0 Å². The van der Waals surface area contributed by atoms with Gasteiger partial charge >= 0.3 is 0 Å². The van der Waals surface area contributed by atoms with Crippen LogP contribution in [0.15, 0.2) is 42.7 Å². The van der Waals surface area contributed by atoms with Gasteiger partial charge in [-0.15, -0.1) is 10.2 Å². The predicted molar refractivity (Wildman–Crippen MR) is 118 cm³/mol. The van der Waals surface area contributed by atoms with E-state index >= 15 is 0 Å². The number of anilines is 1. The van der Waals surface area contributed by atoms with Crippen LogP contribution in [0.3, 0.4) is 0 Å². The number of carbonyl (C=O) groups is 1. The van der Waals surface area contributed by atoms with Gasteiger partial charge in [0, 0.05) is 25.5 Å². The molecule has 162 valence electrons. The Hall–Kier alpha value is -3.07. The molecule has 1 aromatic carbocycles. The Morgan fingerprint density at radius 3 is 2.77 bits per heavy atom. The van der Waals surface area contributed by atoms with E-state index in [0.29, 0.717) is 19.8 Å². The molecule has 1 saturated heterocycles. The van der Waals surface area contributed by atoms with E-state index in [4.69, 9.17) is 9.47 Å². The monoisotopic (exact) mass is 439 g/mol. The highest BCUT2D eigenvalue weighted by Gasteiger charge is 2.29. The van der Waals surface area contributed by atoms with Crippen LogP contribution in [0.1, 0.15) is 31.4 Å². The Labute approximate surface area is 184 Å². The average molecular weight is 440 g/mol. The van der Waals surface area contributed by atoms with Crippen LogP contribution in [0.2, 0.25) is 0 Å². The molecule has 1 N–H and O–H groups in total. The van der Waals surface area contributed by atoms with Gasteiger partial charge in [-0.25, -0.2) is 0 Å². The average Bonchev–Trinajstić information content (AvgIpc) is 3.51. The number of rotatable bonds is 5. The summed E-state index contributed by atoms with van der Waals surface area (Å²) in [6.07, 6.45) is 5.74. The summed E-state index contributed by atoms with van der Waals surface area (Å²) in [5.74, 6) is 1.49. The summed E-state index contributed by atoms with van der Waals surface area (Å²) in [5, 5.41) is 13.5. The van der Waals surface area contributed by atoms with Crippen molar-refractivity contribution in [1.29, 1.82) is 0 Å². The molecule has 1 amide bonds. The third kappa shape index (κ3) is 4.23. The van der Waals surface area contributed by atoms with Crippen LogP contribution in [-0.2, 0) is 4.79 Å². The minimum absolute atomic E-state index is 0.0715. The van der Waals surface area contributed by atoms with Crippen molar-refractivity contribution in [1.82, 2.24) is 20.1 Å². The van der Waals surface area contributed by atoms with Gasteiger partial charge in [-0.05, 0) is 49.6 Å². The first-order chi connectivity index (χ1) is 15.2. The Bertz CT molecular complexity index is 1050. The summed E-state index contributed by atoms with van der Waals surface area (Å²) in [7, 11) is 0. The molecule has 8 nitrogen and oxygen atoms in total. The molecular weight excluding hydrogens is 414 g/mol. The number of amides is 1. The molecule has 0 saturated carbocycles. The normalized spacial score (nSPS) is 19.1. The van der Waals surface area contributed by atoms with Crippen molar-refractivity contribution >= 4 is 22.4 Å². The van der Waals surface area contributed by atoms with Crippen LogP contribution in [0.4, 0.5) is 5.13 Å². The van der Waals surface area contributed by atoms with Gasteiger partial charge < -0.3 is 19.7 Å². The lowest BCUT2D eigenvalue weighted by atomic mass is 9.96. The van der Waals surface area contributed by atoms with Crippen LogP contribution in [0.5, 0.6) is 11.5 Å². The fourth-order valence-electron chi connectivity index (χ4n) is 4.01. The van der Waals surface area contributed by atoms with E-state index in [-0.39, 0.29) is 17.9 Å². The van der Waals surface area contributed by atoms with Crippen molar-refractivity contribution in [2.75, 3.05) is 31.2 Å². The Morgan fingerprint density at radius 2 is 1.94 bits per heavy atom. The molecule has 3 aromatic rings. The number of benzene rings is 1. The molecular formula is C22H25N5O3S. The molecule has 0 spiro atoms. The summed E-state index contributed by atoms with van der Waals surface area (Å²) >= 11 is 1.54. The van der Waals surface area contributed by atoms with Gasteiger partial charge in [-0.2, -0.15) is 0 Å². The number of nitrogens with zero attached hydrogens (tertiary/aromatic N) is 4. The first kappa shape index (κ1) is 19.9. The van der Waals surface area contributed by atoms with Crippen molar-refractivity contribution in [3.63, 3.8) is 0 Å². The zero-order valence-electron chi connectivity index (χ0n) is 17.4. The summed E-state index contributed by atoms with van der Waals surface area (Å²) in [6, 6.07) is 9.66. The second kappa shape index (κ2) is 8.58. The Kier molecular flexibility index (Phi) is 5.50. The van der Waals surface area contributed by atoms with E-state index in [0.717, 1.165) is 46.7 Å². The first-order valence-electron chi connectivity index (χ1n) is 10.6. The molecule has 2 aliphatic rings. The molecule has 0 radical (unpaired) electrons. The molecule has 0 bridgehead atoms. The molecule has 2 aliphatic heterocycles. The summed E-state index contributed by atoms with van der Waals surface area (Å²) < 4.78 is 13.2. The molecule has 2 atom stereocenters. The lowest BCUT2D eigenvalue weighted by molar-refractivity contribution is -0.125. The minimum Gasteiger partial charge on any atom is -0.486 e. The SMILES string of the molecule is C[C@H](NC(=O)[C@H]1CCCN(c2nnc(-n3cccc3)s2)C1)c1ccc2c(c1)OCCO2. The number of fused-ring (bicyclic) bond motifs is 1. The van der Waals surface area contributed by atoms with E-state index in [2.05, 4.69) is 20.4 Å². The van der Waals surface area contributed by atoms with E-state index in [9.17, 15) is 4.79 Å². The number of hydrogen-bond donors (Lipinski definition) is 1. The number of aromatic nitrogens is 3. The second-order valence-corrected chi connectivity index (χ2v) is 8.81. The topological polar surface area (TPSA) is 81.5 Å². The number of carbonyl (C=O) groups excluding carboxylic acids is 1. The van der Waals surface area contributed by atoms with E-state index in [1.807, 2.05) is 54.2 Å². The van der Waals surface area contributed by atoms with Gasteiger partial charge in [0.15, 0.2) is 11.5 Å². The summed E-state index contributed by atoms with van der Waals surface area (Å²) in [5.41, 5.74) is 1.01. The van der Waals surface area contributed by atoms with Crippen LogP contribution in [0, 0.1) is 5.92 Å². The van der Waals surface area contributed by atoms with Gasteiger partial charge in [0.05, 0.1) is 12.0 Å². The van der Waals surface area contributed by atoms with Gasteiger partial charge in [0.1, 0.15) is 13.2 Å². The molecule has 31 heavy (non-hydrogen) atoms. The number of piperidine rings is 1. The molecule has 0 unspecified atom stereocenters. The maximum absolute atomic E-state index is 13.0. The number of hydrogen-bond acceptors (Lipinski definition) is 7. The molecule has 4 heterocycles. The molecule has 1 fully saturated rings. The largest absolute Gasteiger partial charge is 0.486 e. The van der Waals surface area contributed by atoms with Crippen LogP contribution in [-0.4, -0.2) is 47.0 Å². The highest BCUT2D eigenvalue weighted by Crippen LogP contribution is 2.33. The fraction of sp³-hybridized carbons (Fsp3) is 0.409. The number of nitrogens with one attached hydrogen (secondary N) is 1. The van der Waals surface area contributed by atoms with Gasteiger partial charge in [-0.3, -0.25) is 9.36 Å². The van der Waals surface area contributed by atoms with Crippen molar-refractivity contribution in [2.24, 2.45) is 5.92 Å². The maximum Gasteiger partial charge on any atom is 0.225 e. The van der Waals surface area contributed by atoms with Crippen molar-refractivity contribution < 1.29 is 14.3 Å². The zero-order chi connectivity index (χ0) is 21.2. The third-order valence-corrected chi connectivity index (χ3v) is 6.71. The smallest absolute Gasteiger partial charge is 0.225 e. The quantitative estimate of drug-likeness (QED) is 0.658. The summed E-state index contributed by atoms with van der Waals surface area (Å²) in [4.78, 5) is 15.2. The highest BCUT2D eigenvalue weighted by molar-refractivity contribution is 7.17. The van der Waals surface area contributed by atoms with Crippen LogP contribution < -0.4 is 19.7 Å². The molecule has 5 rings (SSSR count). The van der Waals surface area contributed by atoms with E-state index < -0.39 is 0 Å². The number of ether oxygens (including phenoxy) is 2. The predicted octanol–water partition coefficient (Wildman–Crippen LogP) is 3.19. The van der Waals surface area contributed by atoms with Gasteiger partial charge in [0.2, 0.25) is 16.2 Å².